The first-order chi connectivity index (χ1) is 6.56. The van der Waals surface area contributed by atoms with Gasteiger partial charge in [0.1, 0.15) is 0 Å². The molecule has 0 heterocycles. The maximum atomic E-state index is 5.03. The Balaban J connectivity index is 3.44. The Morgan fingerprint density at radius 3 is 2.43 bits per heavy atom. The quantitative estimate of drug-likeness (QED) is 0.640. The molecule has 86 valence electrons. The fourth-order valence-electron chi connectivity index (χ4n) is 1.37. The van der Waals surface area contributed by atoms with Crippen LogP contribution < -0.4 is 5.32 Å². The highest BCUT2D eigenvalue weighted by atomic mass is 16.5. The second-order valence-corrected chi connectivity index (χ2v) is 4.42. The summed E-state index contributed by atoms with van der Waals surface area (Å²) in [5.41, 5.74) is 0. The Kier molecular flexibility index (Phi) is 8.14. The molecular formula is C11H26N2O. The average molecular weight is 202 g/mol. The molecule has 0 bridgehead atoms. The van der Waals surface area contributed by atoms with Crippen LogP contribution in [0.3, 0.4) is 0 Å². The van der Waals surface area contributed by atoms with Gasteiger partial charge in [-0.2, -0.15) is 0 Å². The first-order valence-electron chi connectivity index (χ1n) is 5.47. The van der Waals surface area contributed by atoms with Gasteiger partial charge in [-0.3, -0.25) is 0 Å². The van der Waals surface area contributed by atoms with Gasteiger partial charge >= 0.3 is 0 Å². The zero-order valence-corrected chi connectivity index (χ0v) is 10.3. The number of hydrogen-bond donors (Lipinski definition) is 1. The van der Waals surface area contributed by atoms with Gasteiger partial charge in [-0.1, -0.05) is 20.8 Å². The van der Waals surface area contributed by atoms with E-state index in [0.29, 0.717) is 12.0 Å². The van der Waals surface area contributed by atoms with Crippen LogP contribution in [-0.2, 0) is 4.74 Å². The molecule has 0 rings (SSSR count). The number of nitrogens with zero attached hydrogens (tertiary/aromatic N) is 1. The molecule has 0 saturated heterocycles. The van der Waals surface area contributed by atoms with Gasteiger partial charge in [0.25, 0.3) is 0 Å². The smallest absolute Gasteiger partial charge is 0.0589 e. The predicted octanol–water partition coefficient (Wildman–Crippen LogP) is 1.20. The van der Waals surface area contributed by atoms with Crippen LogP contribution in [0, 0.1) is 5.92 Å². The third-order valence-corrected chi connectivity index (χ3v) is 2.18. The van der Waals surface area contributed by atoms with Crippen molar-refractivity contribution >= 4 is 0 Å². The summed E-state index contributed by atoms with van der Waals surface area (Å²) in [5.74, 6) is 0.694. The van der Waals surface area contributed by atoms with E-state index in [9.17, 15) is 0 Å². The molecule has 3 nitrogen and oxygen atoms in total. The lowest BCUT2D eigenvalue weighted by Gasteiger charge is -2.22. The normalized spacial score (nSPS) is 13.9. The number of ether oxygens (including phenoxy) is 1. The van der Waals surface area contributed by atoms with Crippen molar-refractivity contribution in [3.8, 4) is 0 Å². The number of methoxy groups -OCH3 is 1. The standard InChI is InChI=1S/C11H26N2O/c1-10(2)12-8-11(3)9-13(4)6-7-14-5/h10-12H,6-9H2,1-5H3. The van der Waals surface area contributed by atoms with E-state index in [4.69, 9.17) is 4.74 Å². The Morgan fingerprint density at radius 1 is 1.29 bits per heavy atom. The molecule has 0 aromatic heterocycles. The summed E-state index contributed by atoms with van der Waals surface area (Å²) in [6.07, 6.45) is 0. The van der Waals surface area contributed by atoms with E-state index in [2.05, 4.69) is 38.0 Å². The highest BCUT2D eigenvalue weighted by Crippen LogP contribution is 1.97. The Bertz CT molecular complexity index is 128. The molecule has 14 heavy (non-hydrogen) atoms. The molecule has 0 aliphatic carbocycles. The predicted molar refractivity (Wildman–Crippen MR) is 61.7 cm³/mol. The first kappa shape index (κ1) is 13.9. The number of nitrogens with one attached hydrogen (secondary N) is 1. The summed E-state index contributed by atoms with van der Waals surface area (Å²) in [4.78, 5) is 2.32. The average Bonchev–Trinajstić information content (AvgIpc) is 2.11. The summed E-state index contributed by atoms with van der Waals surface area (Å²) in [5, 5.41) is 3.45. The fraction of sp³-hybridized carbons (Fsp3) is 1.00. The van der Waals surface area contributed by atoms with Crippen molar-refractivity contribution in [2.75, 3.05) is 40.4 Å². The second kappa shape index (κ2) is 8.21. The van der Waals surface area contributed by atoms with Crippen LogP contribution in [-0.4, -0.2) is 51.3 Å². The van der Waals surface area contributed by atoms with Gasteiger partial charge in [-0.05, 0) is 19.5 Å². The summed E-state index contributed by atoms with van der Waals surface area (Å²) < 4.78 is 5.03. The van der Waals surface area contributed by atoms with E-state index in [0.717, 1.165) is 26.2 Å². The summed E-state index contributed by atoms with van der Waals surface area (Å²) in [6, 6.07) is 0.585. The number of rotatable bonds is 8. The third-order valence-electron chi connectivity index (χ3n) is 2.18. The van der Waals surface area contributed by atoms with Crippen molar-refractivity contribution in [3.63, 3.8) is 0 Å². The van der Waals surface area contributed by atoms with Gasteiger partial charge in [0.15, 0.2) is 0 Å². The molecule has 0 spiro atoms. The van der Waals surface area contributed by atoms with E-state index in [-0.39, 0.29) is 0 Å². The van der Waals surface area contributed by atoms with E-state index in [1.165, 1.54) is 0 Å². The van der Waals surface area contributed by atoms with E-state index in [1.807, 2.05) is 0 Å². The van der Waals surface area contributed by atoms with Crippen LogP contribution in [0.1, 0.15) is 20.8 Å². The first-order valence-corrected chi connectivity index (χ1v) is 5.47. The van der Waals surface area contributed by atoms with Gasteiger partial charge < -0.3 is 15.0 Å². The van der Waals surface area contributed by atoms with Gasteiger partial charge in [0, 0.05) is 26.2 Å². The lowest BCUT2D eigenvalue weighted by Crippen LogP contribution is -2.35. The molecule has 0 aromatic carbocycles. The molecule has 3 heteroatoms. The zero-order chi connectivity index (χ0) is 11.0. The van der Waals surface area contributed by atoms with Gasteiger partial charge in [-0.15, -0.1) is 0 Å². The molecule has 0 aliphatic heterocycles. The minimum atomic E-state index is 0.585. The molecule has 0 fully saturated rings. The highest BCUT2D eigenvalue weighted by Gasteiger charge is 2.06. The largest absolute Gasteiger partial charge is 0.383 e. The van der Waals surface area contributed by atoms with Crippen molar-refractivity contribution in [2.45, 2.75) is 26.8 Å². The Hall–Kier alpha value is -0.120. The van der Waals surface area contributed by atoms with E-state index in [1.54, 1.807) is 7.11 Å². The lowest BCUT2D eigenvalue weighted by atomic mass is 10.1. The van der Waals surface area contributed by atoms with Crippen LogP contribution in [0.4, 0.5) is 0 Å². The molecule has 0 amide bonds. The molecule has 1 atom stereocenters. The number of likely N-dealkylation sites (N-methyl/N-ethyl adjacent to an activating group) is 1. The maximum Gasteiger partial charge on any atom is 0.0589 e. The molecular weight excluding hydrogens is 176 g/mol. The Labute approximate surface area is 88.8 Å². The minimum Gasteiger partial charge on any atom is -0.383 e. The highest BCUT2D eigenvalue weighted by molar-refractivity contribution is 4.63. The zero-order valence-electron chi connectivity index (χ0n) is 10.3. The molecule has 0 radical (unpaired) electrons. The van der Waals surface area contributed by atoms with Crippen molar-refractivity contribution in [2.24, 2.45) is 5.92 Å². The van der Waals surface area contributed by atoms with Gasteiger partial charge in [0.05, 0.1) is 6.61 Å². The van der Waals surface area contributed by atoms with Gasteiger partial charge in [0.2, 0.25) is 0 Å². The van der Waals surface area contributed by atoms with Crippen molar-refractivity contribution in [3.05, 3.63) is 0 Å². The summed E-state index contributed by atoms with van der Waals surface area (Å²) in [6.45, 7) is 10.7. The summed E-state index contributed by atoms with van der Waals surface area (Å²) in [7, 11) is 3.89. The number of hydrogen-bond acceptors (Lipinski definition) is 3. The molecule has 0 saturated carbocycles. The lowest BCUT2D eigenvalue weighted by molar-refractivity contribution is 0.153. The topological polar surface area (TPSA) is 24.5 Å². The van der Waals surface area contributed by atoms with Crippen molar-refractivity contribution in [1.82, 2.24) is 10.2 Å². The van der Waals surface area contributed by atoms with Crippen LogP contribution in [0.5, 0.6) is 0 Å². The van der Waals surface area contributed by atoms with Crippen LogP contribution in [0.2, 0.25) is 0 Å². The third kappa shape index (κ3) is 8.48. The fourth-order valence-corrected chi connectivity index (χ4v) is 1.37. The van der Waals surface area contributed by atoms with Crippen LogP contribution >= 0.6 is 0 Å². The van der Waals surface area contributed by atoms with Crippen LogP contribution in [0.15, 0.2) is 0 Å². The van der Waals surface area contributed by atoms with Crippen molar-refractivity contribution in [1.29, 1.82) is 0 Å². The minimum absolute atomic E-state index is 0.585. The molecule has 0 aromatic rings. The molecule has 0 aliphatic rings. The van der Waals surface area contributed by atoms with E-state index < -0.39 is 0 Å². The SMILES string of the molecule is COCCN(C)CC(C)CNC(C)C. The monoisotopic (exact) mass is 202 g/mol. The van der Waals surface area contributed by atoms with Crippen molar-refractivity contribution < 1.29 is 4.74 Å². The second-order valence-electron chi connectivity index (χ2n) is 4.42. The maximum absolute atomic E-state index is 5.03. The molecule has 1 unspecified atom stereocenters. The molecule has 1 N–H and O–H groups in total. The van der Waals surface area contributed by atoms with Crippen LogP contribution in [0.25, 0.3) is 0 Å². The Morgan fingerprint density at radius 2 is 1.93 bits per heavy atom. The van der Waals surface area contributed by atoms with Gasteiger partial charge in [-0.25, -0.2) is 0 Å². The van der Waals surface area contributed by atoms with E-state index >= 15 is 0 Å². The summed E-state index contributed by atoms with van der Waals surface area (Å²) >= 11 is 0.